The Hall–Kier alpha value is -0.830. The van der Waals surface area contributed by atoms with Gasteiger partial charge in [-0.3, -0.25) is 0 Å². The van der Waals surface area contributed by atoms with Crippen LogP contribution in [-0.4, -0.2) is 34.1 Å². The van der Waals surface area contributed by atoms with Crippen LogP contribution in [0.4, 0.5) is 0 Å². The molecule has 1 unspecified atom stereocenters. The highest BCUT2D eigenvalue weighted by atomic mass is 15.2. The zero-order chi connectivity index (χ0) is 9.80. The zero-order valence-corrected chi connectivity index (χ0v) is 8.89. The van der Waals surface area contributed by atoms with Crippen molar-refractivity contribution >= 4 is 0 Å². The van der Waals surface area contributed by atoms with Crippen LogP contribution in [0.25, 0.3) is 0 Å². The summed E-state index contributed by atoms with van der Waals surface area (Å²) in [5.41, 5.74) is 0. The maximum Gasteiger partial charge on any atom is 0.0946 e. The predicted octanol–water partition coefficient (Wildman–Crippen LogP) is 1.61. The molecular formula is C11H19N3. The smallest absolute Gasteiger partial charge is 0.0946 e. The lowest BCUT2D eigenvalue weighted by atomic mass is 10.0. The standard InChI is InChI=1S/C11H19N3/c1-11-3-2-5-13(9-11)7-8-14-6-4-12-10-14/h4,6,10-11H,2-3,5,7-9H2,1H3. The molecule has 3 heteroatoms. The Bertz CT molecular complexity index is 256. The molecule has 2 heterocycles. The number of imidazole rings is 1. The van der Waals surface area contributed by atoms with Gasteiger partial charge in [0.2, 0.25) is 0 Å². The summed E-state index contributed by atoms with van der Waals surface area (Å²) < 4.78 is 2.15. The fraction of sp³-hybridized carbons (Fsp3) is 0.727. The molecule has 0 aliphatic carbocycles. The molecule has 1 saturated heterocycles. The second-order valence-electron chi connectivity index (χ2n) is 4.35. The maximum atomic E-state index is 4.05. The molecule has 1 aliphatic rings. The summed E-state index contributed by atoms with van der Waals surface area (Å²) in [4.78, 5) is 6.61. The fourth-order valence-electron chi connectivity index (χ4n) is 2.17. The van der Waals surface area contributed by atoms with Crippen LogP contribution >= 0.6 is 0 Å². The lowest BCUT2D eigenvalue weighted by Gasteiger charge is -2.30. The van der Waals surface area contributed by atoms with Gasteiger partial charge in [0.15, 0.2) is 0 Å². The molecule has 3 nitrogen and oxygen atoms in total. The molecular weight excluding hydrogens is 174 g/mol. The van der Waals surface area contributed by atoms with Crippen molar-refractivity contribution in [2.75, 3.05) is 19.6 Å². The Morgan fingerprint density at radius 3 is 3.07 bits per heavy atom. The molecule has 1 fully saturated rings. The summed E-state index contributed by atoms with van der Waals surface area (Å²) in [5, 5.41) is 0. The minimum atomic E-state index is 0.881. The van der Waals surface area contributed by atoms with E-state index in [2.05, 4.69) is 21.4 Å². The van der Waals surface area contributed by atoms with Gasteiger partial charge in [-0.25, -0.2) is 4.98 Å². The van der Waals surface area contributed by atoms with Crippen LogP contribution < -0.4 is 0 Å². The zero-order valence-electron chi connectivity index (χ0n) is 8.89. The first kappa shape index (κ1) is 9.71. The summed E-state index contributed by atoms with van der Waals surface area (Å²) >= 11 is 0. The minimum absolute atomic E-state index is 0.881. The van der Waals surface area contributed by atoms with Gasteiger partial charge in [-0.15, -0.1) is 0 Å². The molecule has 0 amide bonds. The number of piperidine rings is 1. The molecule has 0 N–H and O–H groups in total. The molecule has 78 valence electrons. The Morgan fingerprint density at radius 2 is 2.36 bits per heavy atom. The molecule has 14 heavy (non-hydrogen) atoms. The molecule has 1 aromatic heterocycles. The Balaban J connectivity index is 1.75. The number of likely N-dealkylation sites (tertiary alicyclic amines) is 1. The van der Waals surface area contributed by atoms with E-state index in [1.54, 1.807) is 0 Å². The third kappa shape index (κ3) is 2.58. The predicted molar refractivity (Wildman–Crippen MR) is 57.1 cm³/mol. The van der Waals surface area contributed by atoms with Gasteiger partial charge in [0.1, 0.15) is 0 Å². The van der Waals surface area contributed by atoms with E-state index in [0.29, 0.717) is 0 Å². The summed E-state index contributed by atoms with van der Waals surface area (Å²) in [6.07, 6.45) is 8.55. The van der Waals surface area contributed by atoms with Crippen molar-refractivity contribution in [3.63, 3.8) is 0 Å². The largest absolute Gasteiger partial charge is 0.336 e. The average molecular weight is 193 g/mol. The van der Waals surface area contributed by atoms with Crippen LogP contribution in [0.1, 0.15) is 19.8 Å². The molecule has 0 aromatic carbocycles. The van der Waals surface area contributed by atoms with Gasteiger partial charge >= 0.3 is 0 Å². The van der Waals surface area contributed by atoms with Gasteiger partial charge in [0.05, 0.1) is 6.33 Å². The van der Waals surface area contributed by atoms with E-state index >= 15 is 0 Å². The van der Waals surface area contributed by atoms with Crippen molar-refractivity contribution in [1.82, 2.24) is 14.5 Å². The number of nitrogens with zero attached hydrogens (tertiary/aromatic N) is 3. The van der Waals surface area contributed by atoms with Crippen LogP contribution in [0.3, 0.4) is 0 Å². The van der Waals surface area contributed by atoms with E-state index in [1.807, 2.05) is 18.7 Å². The molecule has 0 saturated carbocycles. The van der Waals surface area contributed by atoms with E-state index in [1.165, 1.54) is 32.5 Å². The maximum absolute atomic E-state index is 4.05. The Morgan fingerprint density at radius 1 is 1.43 bits per heavy atom. The van der Waals surface area contributed by atoms with Crippen LogP contribution in [0.2, 0.25) is 0 Å². The van der Waals surface area contributed by atoms with E-state index in [4.69, 9.17) is 0 Å². The minimum Gasteiger partial charge on any atom is -0.336 e. The molecule has 1 aromatic rings. The van der Waals surface area contributed by atoms with E-state index in [0.717, 1.165) is 12.5 Å². The summed E-state index contributed by atoms with van der Waals surface area (Å²) in [5.74, 6) is 0.881. The van der Waals surface area contributed by atoms with Gasteiger partial charge in [-0.2, -0.15) is 0 Å². The first-order valence-corrected chi connectivity index (χ1v) is 5.52. The van der Waals surface area contributed by atoms with Crippen molar-refractivity contribution in [2.45, 2.75) is 26.3 Å². The normalized spacial score (nSPS) is 23.9. The number of rotatable bonds is 3. The summed E-state index contributed by atoms with van der Waals surface area (Å²) in [6.45, 7) is 7.14. The fourth-order valence-corrected chi connectivity index (χ4v) is 2.17. The van der Waals surface area contributed by atoms with Gasteiger partial charge in [-0.1, -0.05) is 6.92 Å². The Labute approximate surface area is 85.7 Å². The Kier molecular flexibility index (Phi) is 3.19. The third-order valence-electron chi connectivity index (χ3n) is 2.97. The average Bonchev–Trinajstić information content (AvgIpc) is 2.67. The quantitative estimate of drug-likeness (QED) is 0.727. The first-order valence-electron chi connectivity index (χ1n) is 5.52. The monoisotopic (exact) mass is 193 g/mol. The number of hydrogen-bond donors (Lipinski definition) is 0. The van der Waals surface area contributed by atoms with Crippen molar-refractivity contribution in [3.8, 4) is 0 Å². The van der Waals surface area contributed by atoms with Crippen LogP contribution in [0, 0.1) is 5.92 Å². The van der Waals surface area contributed by atoms with Crippen molar-refractivity contribution in [3.05, 3.63) is 18.7 Å². The SMILES string of the molecule is CC1CCCN(CCn2ccnc2)C1. The van der Waals surface area contributed by atoms with Gasteiger partial charge in [0, 0.05) is 32.0 Å². The lowest BCUT2D eigenvalue weighted by Crippen LogP contribution is -2.36. The van der Waals surface area contributed by atoms with Crippen LogP contribution in [-0.2, 0) is 6.54 Å². The number of hydrogen-bond acceptors (Lipinski definition) is 2. The highest BCUT2D eigenvalue weighted by Crippen LogP contribution is 2.14. The molecule has 2 rings (SSSR count). The molecule has 0 bridgehead atoms. The molecule has 0 radical (unpaired) electrons. The topological polar surface area (TPSA) is 21.1 Å². The summed E-state index contributed by atoms with van der Waals surface area (Å²) in [6, 6.07) is 0. The van der Waals surface area contributed by atoms with Gasteiger partial charge in [0.25, 0.3) is 0 Å². The third-order valence-corrected chi connectivity index (χ3v) is 2.97. The van der Waals surface area contributed by atoms with Crippen molar-refractivity contribution in [2.24, 2.45) is 5.92 Å². The first-order chi connectivity index (χ1) is 6.84. The van der Waals surface area contributed by atoms with Gasteiger partial charge in [-0.05, 0) is 25.3 Å². The molecule has 1 atom stereocenters. The number of aromatic nitrogens is 2. The van der Waals surface area contributed by atoms with Gasteiger partial charge < -0.3 is 9.47 Å². The second kappa shape index (κ2) is 4.60. The van der Waals surface area contributed by atoms with Crippen LogP contribution in [0.15, 0.2) is 18.7 Å². The van der Waals surface area contributed by atoms with Crippen molar-refractivity contribution < 1.29 is 0 Å². The second-order valence-corrected chi connectivity index (χ2v) is 4.35. The van der Waals surface area contributed by atoms with Crippen molar-refractivity contribution in [1.29, 1.82) is 0 Å². The van der Waals surface area contributed by atoms with E-state index < -0.39 is 0 Å². The van der Waals surface area contributed by atoms with E-state index in [-0.39, 0.29) is 0 Å². The lowest BCUT2D eigenvalue weighted by molar-refractivity contribution is 0.178. The van der Waals surface area contributed by atoms with E-state index in [9.17, 15) is 0 Å². The molecule has 0 spiro atoms. The van der Waals surface area contributed by atoms with Crippen LogP contribution in [0.5, 0.6) is 0 Å². The molecule has 1 aliphatic heterocycles. The highest BCUT2D eigenvalue weighted by Gasteiger charge is 2.15. The summed E-state index contributed by atoms with van der Waals surface area (Å²) in [7, 11) is 0. The highest BCUT2D eigenvalue weighted by molar-refractivity contribution is 4.76.